The van der Waals surface area contributed by atoms with E-state index in [1.807, 2.05) is 5.32 Å². The molecule has 0 radical (unpaired) electrons. The summed E-state index contributed by atoms with van der Waals surface area (Å²) >= 11 is 0. The lowest BCUT2D eigenvalue weighted by Crippen LogP contribution is -2.43. The second-order valence-electron chi connectivity index (χ2n) is 6.75. The van der Waals surface area contributed by atoms with Gasteiger partial charge in [0, 0.05) is 12.0 Å². The number of halogens is 9. The van der Waals surface area contributed by atoms with Crippen LogP contribution in [0.1, 0.15) is 32.6 Å². The fraction of sp³-hybridized carbons (Fsp3) is 0.300. The fourth-order valence-corrected chi connectivity index (χ4v) is 2.77. The first-order chi connectivity index (χ1) is 15.0. The van der Waals surface area contributed by atoms with Crippen LogP contribution in [0, 0.1) is 0 Å². The molecule has 0 aliphatic heterocycles. The smallest absolute Gasteiger partial charge is 0.416 e. The predicted molar refractivity (Wildman–Crippen MR) is 94.9 cm³/mol. The number of nitrogens with one attached hydrogen (secondary N) is 1. The van der Waals surface area contributed by atoms with Crippen LogP contribution in [0.5, 0.6) is 0 Å². The summed E-state index contributed by atoms with van der Waals surface area (Å²) in [7, 11) is 0.875. The maximum absolute atomic E-state index is 13.0. The van der Waals surface area contributed by atoms with Crippen LogP contribution < -0.4 is 5.32 Å². The number of benzene rings is 2. The molecule has 0 bridgehead atoms. The SMILES string of the molecule is COC(=O)[C@H](Cc1cccc(C(F)(F)F)c1)NC(=O)c1cc(C(F)(F)F)cc(C(F)(F)F)c1. The molecule has 1 amide bonds. The Morgan fingerprint density at radius 3 is 1.79 bits per heavy atom. The molecular formula is C20H14F9NO3. The number of carbonyl (C=O) groups excluding carboxylic acids is 2. The van der Waals surface area contributed by atoms with E-state index in [-0.39, 0.29) is 23.8 Å². The van der Waals surface area contributed by atoms with Gasteiger partial charge >= 0.3 is 24.5 Å². The van der Waals surface area contributed by atoms with Crippen LogP contribution in [-0.2, 0) is 34.5 Å². The van der Waals surface area contributed by atoms with Crippen molar-refractivity contribution in [2.24, 2.45) is 0 Å². The zero-order valence-corrected chi connectivity index (χ0v) is 16.5. The summed E-state index contributed by atoms with van der Waals surface area (Å²) in [6.07, 6.45) is -15.7. The van der Waals surface area contributed by atoms with E-state index in [4.69, 9.17) is 0 Å². The topological polar surface area (TPSA) is 55.4 Å². The van der Waals surface area contributed by atoms with E-state index in [1.165, 1.54) is 6.07 Å². The molecule has 4 nitrogen and oxygen atoms in total. The van der Waals surface area contributed by atoms with Gasteiger partial charge < -0.3 is 10.1 Å². The molecule has 0 heterocycles. The molecular weight excluding hydrogens is 473 g/mol. The largest absolute Gasteiger partial charge is 0.467 e. The van der Waals surface area contributed by atoms with Crippen molar-refractivity contribution in [2.75, 3.05) is 7.11 Å². The second-order valence-corrected chi connectivity index (χ2v) is 6.75. The van der Waals surface area contributed by atoms with Gasteiger partial charge in [0.2, 0.25) is 0 Å². The molecule has 0 unspecified atom stereocenters. The second kappa shape index (κ2) is 9.32. The highest BCUT2D eigenvalue weighted by Gasteiger charge is 2.38. The third-order valence-corrected chi connectivity index (χ3v) is 4.34. The summed E-state index contributed by atoms with van der Waals surface area (Å²) in [5.41, 5.74) is -5.73. The van der Waals surface area contributed by atoms with Crippen LogP contribution in [0.15, 0.2) is 42.5 Å². The molecule has 33 heavy (non-hydrogen) atoms. The van der Waals surface area contributed by atoms with Crippen molar-refractivity contribution in [2.45, 2.75) is 31.0 Å². The number of methoxy groups -OCH3 is 1. The summed E-state index contributed by atoms with van der Waals surface area (Å²) in [5.74, 6) is -2.67. The summed E-state index contributed by atoms with van der Waals surface area (Å²) in [5, 5.41) is 1.92. The lowest BCUT2D eigenvalue weighted by Gasteiger charge is -2.19. The van der Waals surface area contributed by atoms with Crippen LogP contribution >= 0.6 is 0 Å². The minimum Gasteiger partial charge on any atom is -0.467 e. The van der Waals surface area contributed by atoms with E-state index in [9.17, 15) is 49.1 Å². The zero-order chi connectivity index (χ0) is 25.2. The standard InChI is InChI=1S/C20H14F9NO3/c1-33-17(32)15(6-10-3-2-4-12(5-10)18(21,22)23)30-16(31)11-7-13(19(24,25)26)9-14(8-11)20(27,28)29/h2-5,7-9,15H,6H2,1H3,(H,30,31)/t15-/m0/s1. The van der Waals surface area contributed by atoms with Gasteiger partial charge in [-0.25, -0.2) is 4.79 Å². The van der Waals surface area contributed by atoms with E-state index >= 15 is 0 Å². The van der Waals surface area contributed by atoms with Gasteiger partial charge in [0.25, 0.3) is 5.91 Å². The van der Waals surface area contributed by atoms with Crippen LogP contribution in [0.25, 0.3) is 0 Å². The molecule has 0 saturated heterocycles. The molecule has 0 saturated carbocycles. The van der Waals surface area contributed by atoms with Crippen molar-refractivity contribution in [3.63, 3.8) is 0 Å². The Morgan fingerprint density at radius 1 is 0.818 bits per heavy atom. The molecule has 13 heteroatoms. The summed E-state index contributed by atoms with van der Waals surface area (Å²) in [6, 6.07) is 2.06. The Labute approximate surface area is 180 Å². The number of carbonyl (C=O) groups is 2. The maximum Gasteiger partial charge on any atom is 0.416 e. The molecule has 2 rings (SSSR count). The highest BCUT2D eigenvalue weighted by Crippen LogP contribution is 2.36. The highest BCUT2D eigenvalue weighted by atomic mass is 19.4. The lowest BCUT2D eigenvalue weighted by atomic mass is 10.0. The van der Waals surface area contributed by atoms with Gasteiger partial charge in [-0.2, -0.15) is 39.5 Å². The van der Waals surface area contributed by atoms with E-state index in [1.54, 1.807) is 0 Å². The molecule has 0 spiro atoms. The highest BCUT2D eigenvalue weighted by molar-refractivity contribution is 5.97. The van der Waals surface area contributed by atoms with E-state index in [2.05, 4.69) is 4.74 Å². The first kappa shape index (κ1) is 26.0. The third-order valence-electron chi connectivity index (χ3n) is 4.34. The minimum atomic E-state index is -5.21. The molecule has 2 aromatic rings. The van der Waals surface area contributed by atoms with Crippen LogP contribution in [-0.4, -0.2) is 25.0 Å². The normalized spacial score (nSPS) is 13.4. The minimum absolute atomic E-state index is 0.0967. The van der Waals surface area contributed by atoms with Gasteiger partial charge in [0.1, 0.15) is 6.04 Å². The molecule has 1 atom stereocenters. The van der Waals surface area contributed by atoms with Crippen LogP contribution in [0.2, 0.25) is 0 Å². The predicted octanol–water partition coefficient (Wildman–Crippen LogP) is 5.26. The van der Waals surface area contributed by atoms with Gasteiger partial charge in [-0.05, 0) is 29.8 Å². The first-order valence-electron chi connectivity index (χ1n) is 8.86. The molecule has 2 aromatic carbocycles. The Morgan fingerprint density at radius 2 is 1.33 bits per heavy atom. The molecule has 1 N–H and O–H groups in total. The average molecular weight is 487 g/mol. The molecule has 0 fully saturated rings. The van der Waals surface area contributed by atoms with Crippen molar-refractivity contribution < 1.29 is 53.8 Å². The van der Waals surface area contributed by atoms with Gasteiger partial charge in [-0.3, -0.25) is 4.79 Å². The van der Waals surface area contributed by atoms with Crippen LogP contribution in [0.3, 0.4) is 0 Å². The van der Waals surface area contributed by atoms with Crippen molar-refractivity contribution in [3.8, 4) is 0 Å². The maximum atomic E-state index is 13.0. The Balaban J connectivity index is 2.39. The van der Waals surface area contributed by atoms with Crippen molar-refractivity contribution in [1.29, 1.82) is 0 Å². The number of alkyl halides is 9. The number of amides is 1. The number of rotatable bonds is 5. The number of esters is 1. The first-order valence-corrected chi connectivity index (χ1v) is 8.86. The van der Waals surface area contributed by atoms with Crippen molar-refractivity contribution >= 4 is 11.9 Å². The van der Waals surface area contributed by atoms with E-state index < -0.39 is 65.1 Å². The average Bonchev–Trinajstić information content (AvgIpc) is 2.70. The summed E-state index contributed by atoms with van der Waals surface area (Å²) in [6.45, 7) is 0. The third kappa shape index (κ3) is 6.86. The van der Waals surface area contributed by atoms with Crippen LogP contribution in [0.4, 0.5) is 39.5 Å². The number of hydrogen-bond donors (Lipinski definition) is 1. The number of hydrogen-bond acceptors (Lipinski definition) is 3. The van der Waals surface area contributed by atoms with Gasteiger partial charge in [-0.1, -0.05) is 18.2 Å². The van der Waals surface area contributed by atoms with Crippen molar-refractivity contribution in [3.05, 3.63) is 70.3 Å². The zero-order valence-electron chi connectivity index (χ0n) is 16.5. The van der Waals surface area contributed by atoms with Gasteiger partial charge in [0.05, 0.1) is 23.8 Å². The molecule has 0 aromatic heterocycles. The summed E-state index contributed by atoms with van der Waals surface area (Å²) < 4.78 is 121. The molecule has 180 valence electrons. The van der Waals surface area contributed by atoms with Crippen molar-refractivity contribution in [1.82, 2.24) is 5.32 Å². The molecule has 0 aliphatic rings. The Hall–Kier alpha value is -3.25. The van der Waals surface area contributed by atoms with E-state index in [0.717, 1.165) is 19.2 Å². The molecule has 0 aliphatic carbocycles. The number of ether oxygens (including phenoxy) is 1. The fourth-order valence-electron chi connectivity index (χ4n) is 2.77. The quantitative estimate of drug-likeness (QED) is 0.463. The van der Waals surface area contributed by atoms with Gasteiger partial charge in [-0.15, -0.1) is 0 Å². The Kier molecular flexibility index (Phi) is 7.34. The monoisotopic (exact) mass is 487 g/mol. The van der Waals surface area contributed by atoms with Gasteiger partial charge in [0.15, 0.2) is 0 Å². The lowest BCUT2D eigenvalue weighted by molar-refractivity contribution is -0.144. The Bertz CT molecular complexity index is 994. The van der Waals surface area contributed by atoms with E-state index in [0.29, 0.717) is 6.07 Å². The summed E-state index contributed by atoms with van der Waals surface area (Å²) in [4.78, 5) is 24.4.